The highest BCUT2D eigenvalue weighted by Crippen LogP contribution is 2.12. The second kappa shape index (κ2) is 10.5. The Labute approximate surface area is 202 Å². The van der Waals surface area contributed by atoms with Crippen LogP contribution < -0.4 is 11.2 Å². The molecule has 2 heterocycles. The molecule has 9 heteroatoms. The molecule has 0 saturated heterocycles. The largest absolute Gasteiger partial charge is 0.459 e. The second-order valence-electron chi connectivity index (χ2n) is 8.51. The van der Waals surface area contributed by atoms with Gasteiger partial charge in [-0.15, -0.1) is 0 Å². The first kappa shape index (κ1) is 24.2. The number of imidazole rings is 1. The topological polar surface area (TPSA) is 97.4 Å². The fourth-order valence-electron chi connectivity index (χ4n) is 4.14. The van der Waals surface area contributed by atoms with Crippen LogP contribution in [0.2, 0.25) is 0 Å². The molecule has 2 aromatic carbocycles. The van der Waals surface area contributed by atoms with Gasteiger partial charge in [0.15, 0.2) is 11.2 Å². The summed E-state index contributed by atoms with van der Waals surface area (Å²) >= 11 is 0. The molecule has 4 rings (SSSR count). The third-order valence-electron chi connectivity index (χ3n) is 5.67. The number of carbonyl (C=O) groups excluding carboxylic acids is 1. The van der Waals surface area contributed by atoms with E-state index in [9.17, 15) is 14.4 Å². The van der Waals surface area contributed by atoms with Crippen molar-refractivity contribution < 1.29 is 14.3 Å². The van der Waals surface area contributed by atoms with Crippen LogP contribution in [-0.2, 0) is 40.5 Å². The Kier molecular flexibility index (Phi) is 7.26. The van der Waals surface area contributed by atoms with Gasteiger partial charge in [0.1, 0.15) is 13.2 Å². The molecule has 0 unspecified atom stereocenters. The van der Waals surface area contributed by atoms with E-state index in [4.69, 9.17) is 9.47 Å². The molecule has 35 heavy (non-hydrogen) atoms. The standard InChI is InChI=1S/C26H28N4O5/c1-18-11-19(2)13-21(12-18)16-35-22(31)15-30-25(32)23-24(27-17-28(23)9-10-34-3)29(26(30)33)14-20-7-5-4-6-8-20/h4-8,11-13,17H,9-10,14-16H2,1-3H3. The van der Waals surface area contributed by atoms with E-state index >= 15 is 0 Å². The van der Waals surface area contributed by atoms with E-state index < -0.39 is 23.8 Å². The van der Waals surface area contributed by atoms with E-state index in [1.807, 2.05) is 62.4 Å². The maximum atomic E-state index is 13.4. The SMILES string of the molecule is COCCn1cnc2c1c(=O)n(CC(=O)OCc1cc(C)cc(C)c1)c(=O)n2Cc1ccccc1. The molecule has 0 fully saturated rings. The summed E-state index contributed by atoms with van der Waals surface area (Å²) in [6.07, 6.45) is 1.51. The number of hydrogen-bond donors (Lipinski definition) is 0. The summed E-state index contributed by atoms with van der Waals surface area (Å²) in [6, 6.07) is 15.3. The number of ether oxygens (including phenoxy) is 2. The number of carbonyl (C=O) groups is 1. The highest BCUT2D eigenvalue weighted by Gasteiger charge is 2.20. The van der Waals surface area contributed by atoms with Gasteiger partial charge in [0.25, 0.3) is 5.56 Å². The molecule has 0 bridgehead atoms. The fraction of sp³-hybridized carbons (Fsp3) is 0.308. The molecule has 0 atom stereocenters. The average molecular weight is 477 g/mol. The Morgan fingerprint density at radius 2 is 1.69 bits per heavy atom. The molecule has 4 aromatic rings. The number of hydrogen-bond acceptors (Lipinski definition) is 6. The molecular weight excluding hydrogens is 448 g/mol. The summed E-state index contributed by atoms with van der Waals surface area (Å²) in [7, 11) is 1.56. The van der Waals surface area contributed by atoms with Crippen molar-refractivity contribution in [2.24, 2.45) is 0 Å². The lowest BCUT2D eigenvalue weighted by Crippen LogP contribution is -2.42. The zero-order valence-corrected chi connectivity index (χ0v) is 20.1. The van der Waals surface area contributed by atoms with Gasteiger partial charge in [-0.05, 0) is 25.0 Å². The molecule has 0 aliphatic rings. The minimum absolute atomic E-state index is 0.0579. The van der Waals surface area contributed by atoms with Gasteiger partial charge in [-0.1, -0.05) is 59.7 Å². The van der Waals surface area contributed by atoms with Gasteiger partial charge in [0.05, 0.1) is 19.5 Å². The van der Waals surface area contributed by atoms with Crippen molar-refractivity contribution in [2.75, 3.05) is 13.7 Å². The van der Waals surface area contributed by atoms with Crippen LogP contribution >= 0.6 is 0 Å². The molecule has 2 aromatic heterocycles. The van der Waals surface area contributed by atoms with Crippen LogP contribution in [-0.4, -0.2) is 38.4 Å². The van der Waals surface area contributed by atoms with Crippen molar-refractivity contribution in [3.63, 3.8) is 0 Å². The third-order valence-corrected chi connectivity index (χ3v) is 5.67. The molecule has 0 spiro atoms. The summed E-state index contributed by atoms with van der Waals surface area (Å²) in [6.45, 7) is 4.44. The number of aryl methyl sites for hydroxylation is 2. The van der Waals surface area contributed by atoms with Gasteiger partial charge in [-0.2, -0.15) is 0 Å². The normalized spacial score (nSPS) is 11.2. The van der Waals surface area contributed by atoms with Gasteiger partial charge in [-0.25, -0.2) is 14.3 Å². The summed E-state index contributed by atoms with van der Waals surface area (Å²) in [5.41, 5.74) is 3.12. The van der Waals surface area contributed by atoms with Crippen molar-refractivity contribution in [3.8, 4) is 0 Å². The average Bonchev–Trinajstić information content (AvgIpc) is 3.26. The van der Waals surface area contributed by atoms with Crippen molar-refractivity contribution in [1.82, 2.24) is 18.7 Å². The van der Waals surface area contributed by atoms with E-state index in [1.54, 1.807) is 11.7 Å². The quantitative estimate of drug-likeness (QED) is 0.344. The number of nitrogens with zero attached hydrogens (tertiary/aromatic N) is 4. The predicted molar refractivity (Wildman–Crippen MR) is 131 cm³/mol. The molecule has 0 amide bonds. The van der Waals surface area contributed by atoms with Crippen molar-refractivity contribution in [1.29, 1.82) is 0 Å². The fourth-order valence-corrected chi connectivity index (χ4v) is 4.14. The Bertz CT molecular complexity index is 1450. The lowest BCUT2D eigenvalue weighted by Gasteiger charge is -2.13. The number of esters is 1. The maximum absolute atomic E-state index is 13.4. The maximum Gasteiger partial charge on any atom is 0.333 e. The van der Waals surface area contributed by atoms with E-state index in [2.05, 4.69) is 4.98 Å². The molecule has 0 aliphatic heterocycles. The molecule has 0 N–H and O–H groups in total. The van der Waals surface area contributed by atoms with Crippen LogP contribution in [0, 0.1) is 13.8 Å². The van der Waals surface area contributed by atoms with Gasteiger partial charge in [0.2, 0.25) is 0 Å². The first-order chi connectivity index (χ1) is 16.9. The van der Waals surface area contributed by atoms with Gasteiger partial charge in [0, 0.05) is 13.7 Å². The summed E-state index contributed by atoms with van der Waals surface area (Å²) in [4.78, 5) is 43.7. The van der Waals surface area contributed by atoms with Crippen molar-refractivity contribution in [3.05, 3.63) is 98.0 Å². The molecule has 0 radical (unpaired) electrons. The Balaban J connectivity index is 1.69. The Morgan fingerprint density at radius 1 is 0.971 bits per heavy atom. The van der Waals surface area contributed by atoms with Crippen molar-refractivity contribution in [2.45, 2.75) is 40.1 Å². The predicted octanol–water partition coefficient (Wildman–Crippen LogP) is 2.41. The summed E-state index contributed by atoms with van der Waals surface area (Å²) < 4.78 is 14.5. The highest BCUT2D eigenvalue weighted by atomic mass is 16.5. The Morgan fingerprint density at radius 3 is 2.37 bits per heavy atom. The second-order valence-corrected chi connectivity index (χ2v) is 8.51. The molecule has 0 saturated carbocycles. The monoisotopic (exact) mass is 476 g/mol. The number of aromatic nitrogens is 4. The minimum atomic E-state index is -0.670. The molecule has 0 aliphatic carbocycles. The lowest BCUT2D eigenvalue weighted by molar-refractivity contribution is -0.145. The highest BCUT2D eigenvalue weighted by molar-refractivity contribution is 5.72. The molecule has 9 nitrogen and oxygen atoms in total. The molecular formula is C26H28N4O5. The first-order valence-corrected chi connectivity index (χ1v) is 11.3. The number of benzene rings is 2. The van der Waals surface area contributed by atoms with Crippen LogP contribution in [0.3, 0.4) is 0 Å². The van der Waals surface area contributed by atoms with E-state index in [-0.39, 0.29) is 24.3 Å². The lowest BCUT2D eigenvalue weighted by atomic mass is 10.1. The van der Waals surface area contributed by atoms with Gasteiger partial charge < -0.3 is 14.0 Å². The minimum Gasteiger partial charge on any atom is -0.459 e. The van der Waals surface area contributed by atoms with Crippen LogP contribution in [0.25, 0.3) is 11.2 Å². The number of methoxy groups -OCH3 is 1. The number of fused-ring (bicyclic) bond motifs is 1. The van der Waals surface area contributed by atoms with Crippen LogP contribution in [0.15, 0.2) is 64.4 Å². The van der Waals surface area contributed by atoms with Gasteiger partial charge >= 0.3 is 11.7 Å². The third kappa shape index (κ3) is 5.41. The smallest absolute Gasteiger partial charge is 0.333 e. The van der Waals surface area contributed by atoms with Crippen LogP contribution in [0.4, 0.5) is 0 Å². The Hall–Kier alpha value is -3.98. The van der Waals surface area contributed by atoms with E-state index in [0.717, 1.165) is 26.8 Å². The van der Waals surface area contributed by atoms with Gasteiger partial charge in [-0.3, -0.25) is 14.2 Å². The summed E-state index contributed by atoms with van der Waals surface area (Å²) in [5, 5.41) is 0. The number of rotatable bonds is 9. The summed E-state index contributed by atoms with van der Waals surface area (Å²) in [5.74, 6) is -0.670. The first-order valence-electron chi connectivity index (χ1n) is 11.3. The zero-order valence-electron chi connectivity index (χ0n) is 20.1. The zero-order chi connectivity index (χ0) is 24.9. The van der Waals surface area contributed by atoms with Crippen molar-refractivity contribution >= 4 is 17.1 Å². The molecule has 182 valence electrons. The van der Waals surface area contributed by atoms with Crippen LogP contribution in [0.1, 0.15) is 22.3 Å². The van der Waals surface area contributed by atoms with E-state index in [0.29, 0.717) is 13.2 Å². The van der Waals surface area contributed by atoms with Crippen LogP contribution in [0.5, 0.6) is 0 Å². The van der Waals surface area contributed by atoms with E-state index in [1.165, 1.54) is 10.9 Å².